The molecule has 2 aromatic carbocycles. The zero-order valence-electron chi connectivity index (χ0n) is 11.6. The molecular formula is C16H13Cl2N4+. The molecule has 110 valence electrons. The number of hydrazone groups is 1. The molecule has 2 N–H and O–H groups in total. The number of nitrogens with two attached hydrogens (primary N) is 1. The first kappa shape index (κ1) is 14.8. The van der Waals surface area contributed by atoms with Gasteiger partial charge in [0.15, 0.2) is 12.3 Å². The summed E-state index contributed by atoms with van der Waals surface area (Å²) in [5, 5.41) is 5.55. The number of aliphatic imine (C=N–C) groups is 1. The fourth-order valence-electron chi connectivity index (χ4n) is 2.14. The van der Waals surface area contributed by atoms with Gasteiger partial charge in [0.25, 0.3) is 0 Å². The number of hydrogen-bond donors (Lipinski definition) is 1. The second-order valence-corrected chi connectivity index (χ2v) is 5.56. The van der Waals surface area contributed by atoms with Crippen molar-refractivity contribution in [2.45, 2.75) is 0 Å². The van der Waals surface area contributed by atoms with Crippen molar-refractivity contribution in [2.75, 3.05) is 6.54 Å². The summed E-state index contributed by atoms with van der Waals surface area (Å²) in [6, 6.07) is 15.1. The van der Waals surface area contributed by atoms with Crippen LogP contribution in [0.2, 0.25) is 10.0 Å². The van der Waals surface area contributed by atoms with Gasteiger partial charge < -0.3 is 0 Å². The molecule has 6 heteroatoms. The zero-order valence-corrected chi connectivity index (χ0v) is 13.1. The Bertz CT molecular complexity index is 795. The molecule has 0 radical (unpaired) electrons. The lowest BCUT2D eigenvalue weighted by atomic mass is 10.1. The summed E-state index contributed by atoms with van der Waals surface area (Å²) in [7, 11) is 0. The van der Waals surface area contributed by atoms with E-state index in [-0.39, 0.29) is 0 Å². The summed E-state index contributed by atoms with van der Waals surface area (Å²) in [6.45, 7) is 0.430. The quantitative estimate of drug-likeness (QED) is 0.681. The van der Waals surface area contributed by atoms with Gasteiger partial charge in [-0.25, -0.2) is 0 Å². The maximum Gasteiger partial charge on any atom is 0.409 e. The minimum atomic E-state index is 0.341. The van der Waals surface area contributed by atoms with Gasteiger partial charge in [0, 0.05) is 10.6 Å². The van der Waals surface area contributed by atoms with Crippen LogP contribution in [-0.4, -0.2) is 29.1 Å². The summed E-state index contributed by atoms with van der Waals surface area (Å²) in [6.07, 6.45) is 1.73. The number of benzene rings is 2. The highest BCUT2D eigenvalue weighted by Gasteiger charge is 2.26. The number of nitrogens with zero attached hydrogens (tertiary/aromatic N) is 3. The molecule has 0 saturated carbocycles. The standard InChI is InChI=1S/C16H13Cl2N4/c17-12-6-7-13(14(18)8-12)15-10-20-16(19)22(15)21-9-11-4-2-1-3-5-11/h1-9H,10H2,(H2,19,20)/q+1. The molecule has 0 spiro atoms. The largest absolute Gasteiger partial charge is 0.409 e. The molecule has 0 aromatic heterocycles. The average molecular weight is 332 g/mol. The van der Waals surface area contributed by atoms with Gasteiger partial charge in [0.2, 0.25) is 0 Å². The van der Waals surface area contributed by atoms with Gasteiger partial charge in [-0.15, -0.1) is 14.8 Å². The molecule has 4 nitrogen and oxygen atoms in total. The van der Waals surface area contributed by atoms with Crippen molar-refractivity contribution in [3.8, 4) is 0 Å². The molecule has 1 heterocycles. The smallest absolute Gasteiger partial charge is 0.286 e. The first-order valence-corrected chi connectivity index (χ1v) is 7.41. The predicted octanol–water partition coefficient (Wildman–Crippen LogP) is 3.16. The van der Waals surface area contributed by atoms with Crippen LogP contribution in [0, 0.1) is 0 Å². The van der Waals surface area contributed by atoms with Crippen molar-refractivity contribution in [2.24, 2.45) is 15.8 Å². The van der Waals surface area contributed by atoms with Crippen molar-refractivity contribution in [1.29, 1.82) is 0 Å². The van der Waals surface area contributed by atoms with Crippen LogP contribution in [-0.2, 0) is 0 Å². The van der Waals surface area contributed by atoms with Crippen LogP contribution in [0.5, 0.6) is 0 Å². The third kappa shape index (κ3) is 3.03. The molecule has 1 aliphatic heterocycles. The van der Waals surface area contributed by atoms with Gasteiger partial charge in [0.05, 0.1) is 11.2 Å². The first-order chi connectivity index (χ1) is 10.6. The Kier molecular flexibility index (Phi) is 4.22. The lowest BCUT2D eigenvalue weighted by molar-refractivity contribution is -0.410. The highest BCUT2D eigenvalue weighted by atomic mass is 35.5. The lowest BCUT2D eigenvalue weighted by Crippen LogP contribution is -2.26. The van der Waals surface area contributed by atoms with Crippen LogP contribution in [0.25, 0.3) is 0 Å². The number of halogens is 2. The predicted molar refractivity (Wildman–Crippen MR) is 91.4 cm³/mol. The fourth-order valence-corrected chi connectivity index (χ4v) is 2.66. The van der Waals surface area contributed by atoms with Crippen LogP contribution < -0.4 is 5.73 Å². The van der Waals surface area contributed by atoms with E-state index in [4.69, 9.17) is 28.9 Å². The van der Waals surface area contributed by atoms with Crippen LogP contribution in [0.1, 0.15) is 11.1 Å². The normalized spacial score (nSPS) is 14.7. The van der Waals surface area contributed by atoms with Gasteiger partial charge in [0.1, 0.15) is 0 Å². The Morgan fingerprint density at radius 1 is 1.14 bits per heavy atom. The van der Waals surface area contributed by atoms with Crippen molar-refractivity contribution < 1.29 is 4.68 Å². The van der Waals surface area contributed by atoms with Gasteiger partial charge >= 0.3 is 5.96 Å². The van der Waals surface area contributed by atoms with Gasteiger partial charge in [-0.05, 0) is 23.8 Å². The number of hydrogen-bond acceptors (Lipinski definition) is 3. The van der Waals surface area contributed by atoms with Gasteiger partial charge in [-0.2, -0.15) is 0 Å². The molecule has 0 bridgehead atoms. The van der Waals surface area contributed by atoms with E-state index in [1.54, 1.807) is 23.0 Å². The summed E-state index contributed by atoms with van der Waals surface area (Å²) in [5.74, 6) is 0.341. The Labute approximate surface area is 138 Å². The van der Waals surface area contributed by atoms with E-state index in [0.29, 0.717) is 22.5 Å². The van der Waals surface area contributed by atoms with Crippen LogP contribution in [0.4, 0.5) is 0 Å². The van der Waals surface area contributed by atoms with Gasteiger partial charge in [-0.3, -0.25) is 5.73 Å². The van der Waals surface area contributed by atoms with E-state index in [9.17, 15) is 0 Å². The van der Waals surface area contributed by atoms with E-state index in [1.165, 1.54) is 0 Å². The maximum atomic E-state index is 6.26. The third-order valence-electron chi connectivity index (χ3n) is 3.23. The van der Waals surface area contributed by atoms with Crippen LogP contribution in [0.3, 0.4) is 0 Å². The summed E-state index contributed by atoms with van der Waals surface area (Å²) < 4.78 is 1.60. The minimum absolute atomic E-state index is 0.341. The molecule has 22 heavy (non-hydrogen) atoms. The summed E-state index contributed by atoms with van der Waals surface area (Å²) in [4.78, 5) is 4.23. The van der Waals surface area contributed by atoms with Gasteiger partial charge in [-0.1, -0.05) is 53.5 Å². The molecule has 2 aromatic rings. The molecule has 0 amide bonds. The minimum Gasteiger partial charge on any atom is -0.286 e. The summed E-state index contributed by atoms with van der Waals surface area (Å²) >= 11 is 12.2. The first-order valence-electron chi connectivity index (χ1n) is 6.65. The van der Waals surface area contributed by atoms with E-state index in [0.717, 1.165) is 16.8 Å². The molecule has 0 aliphatic carbocycles. The average Bonchev–Trinajstić information content (AvgIpc) is 2.87. The Balaban J connectivity index is 2.01. The SMILES string of the molecule is NC1=NCC(c2ccc(Cl)cc2Cl)=[N+]1N=Cc1ccccc1. The Hall–Kier alpha value is -2.17. The van der Waals surface area contributed by atoms with Crippen molar-refractivity contribution in [3.05, 3.63) is 69.7 Å². The topological polar surface area (TPSA) is 53.7 Å². The second kappa shape index (κ2) is 6.30. The maximum absolute atomic E-state index is 6.26. The van der Waals surface area contributed by atoms with Crippen molar-refractivity contribution in [3.63, 3.8) is 0 Å². The highest BCUT2D eigenvalue weighted by Crippen LogP contribution is 2.22. The number of rotatable bonds is 3. The zero-order chi connectivity index (χ0) is 15.5. The van der Waals surface area contributed by atoms with E-state index < -0.39 is 0 Å². The molecule has 1 aliphatic rings. The fraction of sp³-hybridized carbons (Fsp3) is 0.0625. The van der Waals surface area contributed by atoms with E-state index in [1.807, 2.05) is 36.4 Å². The van der Waals surface area contributed by atoms with Crippen LogP contribution in [0.15, 0.2) is 58.6 Å². The molecule has 0 saturated heterocycles. The number of guanidine groups is 1. The van der Waals surface area contributed by atoms with Crippen molar-refractivity contribution >= 4 is 41.1 Å². The van der Waals surface area contributed by atoms with E-state index in [2.05, 4.69) is 10.1 Å². The molecule has 3 rings (SSSR count). The molecule has 0 atom stereocenters. The van der Waals surface area contributed by atoms with E-state index >= 15 is 0 Å². The highest BCUT2D eigenvalue weighted by molar-refractivity contribution is 6.37. The molecule has 0 fully saturated rings. The monoisotopic (exact) mass is 331 g/mol. The van der Waals surface area contributed by atoms with Crippen LogP contribution >= 0.6 is 23.2 Å². The third-order valence-corrected chi connectivity index (χ3v) is 3.78. The Morgan fingerprint density at radius 2 is 1.91 bits per heavy atom. The Morgan fingerprint density at radius 3 is 2.64 bits per heavy atom. The second-order valence-electron chi connectivity index (χ2n) is 4.71. The summed E-state index contributed by atoms with van der Waals surface area (Å²) in [5.41, 5.74) is 8.54. The molecule has 0 unspecified atom stereocenters. The molecular weight excluding hydrogens is 319 g/mol. The van der Waals surface area contributed by atoms with Crippen molar-refractivity contribution in [1.82, 2.24) is 0 Å². The lowest BCUT2D eigenvalue weighted by Gasteiger charge is -2.04.